The van der Waals surface area contributed by atoms with Gasteiger partial charge in [0, 0.05) is 23.4 Å². The molecule has 4 aromatic rings. The van der Waals surface area contributed by atoms with Gasteiger partial charge in [0.15, 0.2) is 5.75 Å². The summed E-state index contributed by atoms with van der Waals surface area (Å²) in [5.41, 5.74) is 2.81. The minimum Gasteiger partial charge on any atom is -0.424 e. The van der Waals surface area contributed by atoms with Gasteiger partial charge in [-0.2, -0.15) is 4.72 Å². The van der Waals surface area contributed by atoms with Crippen LogP contribution in [0, 0.1) is 13.8 Å². The van der Waals surface area contributed by atoms with Crippen LogP contribution in [0.4, 0.5) is 0 Å². The molecule has 0 saturated carbocycles. The Bertz CT molecular complexity index is 1610. The van der Waals surface area contributed by atoms with E-state index in [0.717, 1.165) is 11.1 Å². The van der Waals surface area contributed by atoms with Crippen molar-refractivity contribution in [2.45, 2.75) is 44.6 Å². The van der Waals surface area contributed by atoms with Crippen molar-refractivity contribution in [3.63, 3.8) is 0 Å². The van der Waals surface area contributed by atoms with Crippen LogP contribution in [0.25, 0.3) is 11.0 Å². The molecule has 0 bridgehead atoms. The second kappa shape index (κ2) is 10.9. The fourth-order valence-corrected chi connectivity index (χ4v) is 5.39. The number of hydrogen-bond acceptors (Lipinski definition) is 6. The molecule has 1 heterocycles. The standard InChI is InChI=1S/C28H26ClNO6S/c1-4-24(30-37(33,34)20-12-10-17(2)11-13-20)28(32)36-26-16-25-21(15-23(26)29)18(3)22(27(31)35-25)14-19-8-6-5-7-9-19/h5-13,15-16,24,30H,4,14H2,1-3H3/t24-/m1/s1. The Morgan fingerprint density at radius 1 is 1.05 bits per heavy atom. The Hall–Kier alpha value is -3.46. The molecule has 3 aromatic carbocycles. The number of aryl methyl sites for hydroxylation is 2. The minimum atomic E-state index is -3.96. The number of carbonyl (C=O) groups is 1. The Morgan fingerprint density at radius 3 is 2.38 bits per heavy atom. The molecule has 4 rings (SSSR count). The van der Waals surface area contributed by atoms with Crippen molar-refractivity contribution in [2.24, 2.45) is 0 Å². The van der Waals surface area contributed by atoms with Gasteiger partial charge in [-0.05, 0) is 49.6 Å². The van der Waals surface area contributed by atoms with Gasteiger partial charge in [0.1, 0.15) is 11.6 Å². The Kier molecular flexibility index (Phi) is 7.82. The largest absolute Gasteiger partial charge is 0.424 e. The number of rotatable bonds is 8. The van der Waals surface area contributed by atoms with Crippen molar-refractivity contribution < 1.29 is 22.4 Å². The SMILES string of the molecule is CC[C@@H](NS(=O)(=O)c1ccc(C)cc1)C(=O)Oc1cc2oc(=O)c(Cc3ccccc3)c(C)c2cc1Cl. The molecule has 0 aliphatic rings. The van der Waals surface area contributed by atoms with Crippen LogP contribution in [0.2, 0.25) is 5.02 Å². The zero-order valence-corrected chi connectivity index (χ0v) is 22.2. The van der Waals surface area contributed by atoms with E-state index in [-0.39, 0.29) is 27.7 Å². The smallest absolute Gasteiger partial charge is 0.340 e. The first-order valence-corrected chi connectivity index (χ1v) is 13.6. The normalized spacial score (nSPS) is 12.4. The lowest BCUT2D eigenvalue weighted by Gasteiger charge is -2.17. The maximum atomic E-state index is 12.9. The summed E-state index contributed by atoms with van der Waals surface area (Å²) in [6.07, 6.45) is 0.546. The number of ether oxygens (including phenoxy) is 1. The van der Waals surface area contributed by atoms with Gasteiger partial charge in [-0.25, -0.2) is 18.0 Å². The number of nitrogens with one attached hydrogen (secondary N) is 1. The van der Waals surface area contributed by atoms with Gasteiger partial charge in [-0.15, -0.1) is 0 Å². The Labute approximate surface area is 220 Å². The molecule has 0 spiro atoms. The molecule has 7 nitrogen and oxygen atoms in total. The molecule has 9 heteroatoms. The molecule has 0 amide bonds. The van der Waals surface area contributed by atoms with Gasteiger partial charge in [0.2, 0.25) is 10.0 Å². The van der Waals surface area contributed by atoms with Crippen molar-refractivity contribution >= 4 is 38.6 Å². The van der Waals surface area contributed by atoms with Crippen LogP contribution >= 0.6 is 11.6 Å². The van der Waals surface area contributed by atoms with Crippen LogP contribution in [0.1, 0.15) is 35.6 Å². The molecule has 0 aliphatic heterocycles. The van der Waals surface area contributed by atoms with Gasteiger partial charge < -0.3 is 9.15 Å². The fourth-order valence-electron chi connectivity index (χ4n) is 3.92. The van der Waals surface area contributed by atoms with Gasteiger partial charge in [-0.3, -0.25) is 0 Å². The van der Waals surface area contributed by atoms with E-state index in [9.17, 15) is 18.0 Å². The first-order chi connectivity index (χ1) is 17.6. The van der Waals surface area contributed by atoms with Crippen LogP contribution < -0.4 is 15.1 Å². The summed E-state index contributed by atoms with van der Waals surface area (Å²) in [4.78, 5) is 25.7. The van der Waals surface area contributed by atoms with E-state index in [4.69, 9.17) is 20.8 Å². The van der Waals surface area contributed by atoms with Crippen molar-refractivity contribution in [2.75, 3.05) is 0 Å². The average Bonchev–Trinajstić information content (AvgIpc) is 2.87. The lowest BCUT2D eigenvalue weighted by molar-refractivity contribution is -0.136. The summed E-state index contributed by atoms with van der Waals surface area (Å²) in [7, 11) is -3.96. The highest BCUT2D eigenvalue weighted by molar-refractivity contribution is 7.89. The molecule has 0 aliphatic carbocycles. The molecule has 1 N–H and O–H groups in total. The minimum absolute atomic E-state index is 0.0366. The second-order valence-electron chi connectivity index (χ2n) is 8.75. The highest BCUT2D eigenvalue weighted by Gasteiger charge is 2.27. The van der Waals surface area contributed by atoms with E-state index in [0.29, 0.717) is 22.9 Å². The zero-order chi connectivity index (χ0) is 26.7. The summed E-state index contributed by atoms with van der Waals surface area (Å²) >= 11 is 6.43. The van der Waals surface area contributed by atoms with Gasteiger partial charge in [0.05, 0.1) is 9.92 Å². The number of halogens is 1. The number of carbonyl (C=O) groups excluding carboxylic acids is 1. The number of hydrogen-bond donors (Lipinski definition) is 1. The third-order valence-electron chi connectivity index (χ3n) is 6.10. The van der Waals surface area contributed by atoms with E-state index in [2.05, 4.69) is 4.72 Å². The molecule has 1 atom stereocenters. The van der Waals surface area contributed by atoms with Crippen LogP contribution in [-0.4, -0.2) is 20.4 Å². The zero-order valence-electron chi connectivity index (χ0n) is 20.6. The number of benzene rings is 3. The molecule has 192 valence electrons. The summed E-state index contributed by atoms with van der Waals surface area (Å²) in [5, 5.41) is 0.738. The van der Waals surface area contributed by atoms with E-state index in [1.165, 1.54) is 18.2 Å². The first kappa shape index (κ1) is 26.6. The monoisotopic (exact) mass is 539 g/mol. The van der Waals surface area contributed by atoms with Crippen molar-refractivity contribution in [3.8, 4) is 5.75 Å². The molecular formula is C28H26ClNO6S. The van der Waals surface area contributed by atoms with Crippen molar-refractivity contribution in [3.05, 3.63) is 104 Å². The van der Waals surface area contributed by atoms with Crippen LogP contribution in [0.15, 0.2) is 80.8 Å². The second-order valence-corrected chi connectivity index (χ2v) is 10.9. The number of esters is 1. The van der Waals surface area contributed by atoms with Crippen molar-refractivity contribution in [1.29, 1.82) is 0 Å². The number of fused-ring (bicyclic) bond motifs is 1. The van der Waals surface area contributed by atoms with E-state index in [1.807, 2.05) is 44.2 Å². The maximum Gasteiger partial charge on any atom is 0.340 e. The van der Waals surface area contributed by atoms with E-state index in [1.54, 1.807) is 25.1 Å². The summed E-state index contributed by atoms with van der Waals surface area (Å²) < 4.78 is 38.9. The molecule has 1 aromatic heterocycles. The lowest BCUT2D eigenvalue weighted by Crippen LogP contribution is -2.42. The average molecular weight is 540 g/mol. The maximum absolute atomic E-state index is 12.9. The third-order valence-corrected chi connectivity index (χ3v) is 7.88. The van der Waals surface area contributed by atoms with Crippen LogP contribution in [0.5, 0.6) is 5.75 Å². The highest BCUT2D eigenvalue weighted by atomic mass is 35.5. The van der Waals surface area contributed by atoms with E-state index < -0.39 is 27.7 Å². The van der Waals surface area contributed by atoms with Gasteiger partial charge in [0.25, 0.3) is 0 Å². The van der Waals surface area contributed by atoms with Crippen molar-refractivity contribution in [1.82, 2.24) is 4.72 Å². The molecule has 0 radical (unpaired) electrons. The quantitative estimate of drug-likeness (QED) is 0.185. The molecule has 0 unspecified atom stereocenters. The topological polar surface area (TPSA) is 103 Å². The lowest BCUT2D eigenvalue weighted by atomic mass is 9.99. The van der Waals surface area contributed by atoms with Crippen LogP contribution in [0.3, 0.4) is 0 Å². The molecule has 0 saturated heterocycles. The summed E-state index contributed by atoms with van der Waals surface area (Å²) in [5.74, 6) is -0.871. The molecule has 37 heavy (non-hydrogen) atoms. The molecular weight excluding hydrogens is 514 g/mol. The third kappa shape index (κ3) is 5.93. The summed E-state index contributed by atoms with van der Waals surface area (Å²) in [6, 6.07) is 17.6. The number of sulfonamides is 1. The predicted octanol–water partition coefficient (Wildman–Crippen LogP) is 5.32. The van der Waals surface area contributed by atoms with Gasteiger partial charge >= 0.3 is 11.6 Å². The first-order valence-electron chi connectivity index (χ1n) is 11.7. The Morgan fingerprint density at radius 2 is 1.73 bits per heavy atom. The fraction of sp³-hybridized carbons (Fsp3) is 0.214. The van der Waals surface area contributed by atoms with Gasteiger partial charge in [-0.1, -0.05) is 66.6 Å². The predicted molar refractivity (Wildman–Crippen MR) is 143 cm³/mol. The van der Waals surface area contributed by atoms with E-state index >= 15 is 0 Å². The van der Waals surface area contributed by atoms with Crippen LogP contribution in [-0.2, 0) is 21.2 Å². The molecule has 0 fully saturated rings. The Balaban J connectivity index is 1.59. The highest BCUT2D eigenvalue weighted by Crippen LogP contribution is 2.32. The summed E-state index contributed by atoms with van der Waals surface area (Å²) in [6.45, 7) is 5.31.